The van der Waals surface area contributed by atoms with Crippen LogP contribution in [-0.2, 0) is 9.53 Å². The van der Waals surface area contributed by atoms with Gasteiger partial charge in [0.25, 0.3) is 5.70 Å². The number of nitrogens with one attached hydrogen (secondary N) is 1. The zero-order chi connectivity index (χ0) is 17.6. The van der Waals surface area contributed by atoms with E-state index in [1.165, 1.54) is 18.4 Å². The Labute approximate surface area is 145 Å². The molecule has 2 aromatic rings. The van der Waals surface area contributed by atoms with Crippen LogP contribution in [0.1, 0.15) is 25.5 Å². The molecule has 0 saturated heterocycles. The molecule has 10 heteroatoms. The van der Waals surface area contributed by atoms with Gasteiger partial charge in [-0.15, -0.1) is 11.3 Å². The molecular weight excluding hydrogens is 356 g/mol. The fourth-order valence-electron chi connectivity index (χ4n) is 2.91. The van der Waals surface area contributed by atoms with Crippen molar-refractivity contribution in [1.82, 2.24) is 14.7 Å². The summed E-state index contributed by atoms with van der Waals surface area (Å²) in [6.45, 7) is 3.25. The van der Waals surface area contributed by atoms with E-state index < -0.39 is 16.8 Å². The van der Waals surface area contributed by atoms with Crippen LogP contribution in [0, 0.1) is 10.1 Å². The van der Waals surface area contributed by atoms with Gasteiger partial charge in [0.2, 0.25) is 0 Å². The molecule has 1 unspecified atom stereocenters. The van der Waals surface area contributed by atoms with Crippen LogP contribution >= 0.6 is 22.9 Å². The van der Waals surface area contributed by atoms with Gasteiger partial charge in [-0.3, -0.25) is 14.5 Å². The van der Waals surface area contributed by atoms with Crippen molar-refractivity contribution < 1.29 is 14.5 Å². The molecule has 0 amide bonds. The predicted octanol–water partition coefficient (Wildman–Crippen LogP) is 2.69. The molecule has 3 heterocycles. The van der Waals surface area contributed by atoms with Crippen LogP contribution in [0.2, 0.25) is 5.15 Å². The van der Waals surface area contributed by atoms with Gasteiger partial charge in [-0.05, 0) is 13.8 Å². The Kier molecular flexibility index (Phi) is 4.06. The first-order chi connectivity index (χ1) is 11.4. The number of halogens is 1. The number of esters is 1. The van der Waals surface area contributed by atoms with Gasteiger partial charge in [0, 0.05) is 17.3 Å². The zero-order valence-electron chi connectivity index (χ0n) is 13.0. The largest absolute Gasteiger partial charge is 0.466 e. The average Bonchev–Trinajstić information content (AvgIpc) is 3.05. The first-order valence-electron chi connectivity index (χ1n) is 6.89. The number of aromatic nitrogens is 2. The number of hydrogen-bond donors (Lipinski definition) is 1. The summed E-state index contributed by atoms with van der Waals surface area (Å²) in [5.74, 6) is -1.64. The maximum atomic E-state index is 12.3. The van der Waals surface area contributed by atoms with E-state index in [1.54, 1.807) is 29.8 Å². The van der Waals surface area contributed by atoms with Crippen molar-refractivity contribution in [2.75, 3.05) is 7.11 Å². The SMILES string of the molecule is COC(=O)C1=C(C)NC(C)=C([N+](=O)[O-])C1c1c(Cl)nc2sccn12. The normalized spacial score (nSPS) is 18.1. The highest BCUT2D eigenvalue weighted by Gasteiger charge is 2.43. The van der Waals surface area contributed by atoms with Crippen molar-refractivity contribution in [2.24, 2.45) is 0 Å². The van der Waals surface area contributed by atoms with Gasteiger partial charge in [0.15, 0.2) is 10.1 Å². The third-order valence-electron chi connectivity index (χ3n) is 3.85. The van der Waals surface area contributed by atoms with E-state index in [1.807, 2.05) is 0 Å². The summed E-state index contributed by atoms with van der Waals surface area (Å²) in [7, 11) is 1.23. The maximum Gasteiger partial charge on any atom is 0.336 e. The van der Waals surface area contributed by atoms with E-state index in [4.69, 9.17) is 16.3 Å². The van der Waals surface area contributed by atoms with E-state index in [-0.39, 0.29) is 16.4 Å². The van der Waals surface area contributed by atoms with Crippen molar-refractivity contribution in [1.29, 1.82) is 0 Å². The lowest BCUT2D eigenvalue weighted by Crippen LogP contribution is -2.32. The zero-order valence-corrected chi connectivity index (χ0v) is 14.6. The van der Waals surface area contributed by atoms with Gasteiger partial charge >= 0.3 is 5.97 Å². The van der Waals surface area contributed by atoms with Gasteiger partial charge in [0.05, 0.1) is 29.0 Å². The number of thiazole rings is 1. The van der Waals surface area contributed by atoms with Crippen molar-refractivity contribution in [3.63, 3.8) is 0 Å². The summed E-state index contributed by atoms with van der Waals surface area (Å²) < 4.78 is 6.50. The second kappa shape index (κ2) is 5.91. The van der Waals surface area contributed by atoms with Crippen LogP contribution in [0.5, 0.6) is 0 Å². The maximum absolute atomic E-state index is 12.3. The van der Waals surface area contributed by atoms with E-state index in [2.05, 4.69) is 10.3 Å². The highest BCUT2D eigenvalue weighted by molar-refractivity contribution is 7.15. The van der Waals surface area contributed by atoms with Crippen LogP contribution in [-0.4, -0.2) is 27.4 Å². The molecule has 0 fully saturated rings. The number of allylic oxidation sites excluding steroid dienone is 3. The average molecular weight is 369 g/mol. The number of dihydropyridines is 1. The fraction of sp³-hybridized carbons (Fsp3) is 0.286. The quantitative estimate of drug-likeness (QED) is 0.508. The molecule has 8 nitrogen and oxygen atoms in total. The topological polar surface area (TPSA) is 98.8 Å². The lowest BCUT2D eigenvalue weighted by atomic mass is 9.87. The molecule has 0 bridgehead atoms. The van der Waals surface area contributed by atoms with Crippen LogP contribution in [0.4, 0.5) is 0 Å². The summed E-state index contributed by atoms with van der Waals surface area (Å²) in [6, 6.07) is 0. The Balaban J connectivity index is 2.34. The molecule has 0 radical (unpaired) electrons. The molecule has 1 N–H and O–H groups in total. The van der Waals surface area contributed by atoms with Gasteiger partial charge < -0.3 is 10.1 Å². The molecule has 126 valence electrons. The van der Waals surface area contributed by atoms with Gasteiger partial charge in [0.1, 0.15) is 5.92 Å². The molecule has 0 aliphatic carbocycles. The summed E-state index contributed by atoms with van der Waals surface area (Å²) in [4.78, 5) is 28.3. The Morgan fingerprint density at radius 1 is 1.50 bits per heavy atom. The standard InChI is InChI=1S/C14H13ClN4O4S/c1-6-8(13(20)23-3)9(10(19(21)22)7(2)16-6)11-12(15)17-14-18(11)4-5-24-14/h4-5,9,16H,1-3H3. The number of ether oxygens (including phenoxy) is 1. The Bertz CT molecular complexity index is 926. The molecule has 24 heavy (non-hydrogen) atoms. The van der Waals surface area contributed by atoms with Crippen molar-refractivity contribution in [2.45, 2.75) is 19.8 Å². The number of nitrogens with zero attached hydrogens (tertiary/aromatic N) is 3. The second-order valence-electron chi connectivity index (χ2n) is 5.20. The highest BCUT2D eigenvalue weighted by atomic mass is 35.5. The Morgan fingerprint density at radius 3 is 2.83 bits per heavy atom. The lowest BCUT2D eigenvalue weighted by Gasteiger charge is -2.25. The summed E-state index contributed by atoms with van der Waals surface area (Å²) >= 11 is 7.60. The summed E-state index contributed by atoms with van der Waals surface area (Å²) in [5, 5.41) is 16.5. The first kappa shape index (κ1) is 16.5. The smallest absolute Gasteiger partial charge is 0.336 e. The van der Waals surface area contributed by atoms with Crippen LogP contribution in [0.25, 0.3) is 4.96 Å². The number of carbonyl (C=O) groups excluding carboxylic acids is 1. The van der Waals surface area contributed by atoms with E-state index in [0.29, 0.717) is 22.0 Å². The molecule has 0 spiro atoms. The molecule has 3 rings (SSSR count). The van der Waals surface area contributed by atoms with E-state index in [9.17, 15) is 14.9 Å². The van der Waals surface area contributed by atoms with E-state index >= 15 is 0 Å². The molecule has 2 aromatic heterocycles. The number of methoxy groups -OCH3 is 1. The predicted molar refractivity (Wildman–Crippen MR) is 88.4 cm³/mol. The third-order valence-corrected chi connectivity index (χ3v) is 4.89. The third kappa shape index (κ3) is 2.36. The van der Waals surface area contributed by atoms with Gasteiger partial charge in [-0.1, -0.05) is 11.6 Å². The number of nitro groups is 1. The number of carbonyl (C=O) groups is 1. The Morgan fingerprint density at radius 2 is 2.21 bits per heavy atom. The number of imidazole rings is 1. The van der Waals surface area contributed by atoms with Crippen molar-refractivity contribution in [3.8, 4) is 0 Å². The molecule has 0 aromatic carbocycles. The minimum absolute atomic E-state index is 0.120. The number of hydrogen-bond acceptors (Lipinski definition) is 7. The molecule has 0 saturated carbocycles. The lowest BCUT2D eigenvalue weighted by molar-refractivity contribution is -0.431. The van der Waals surface area contributed by atoms with Crippen molar-refractivity contribution >= 4 is 33.9 Å². The number of rotatable bonds is 3. The summed E-state index contributed by atoms with van der Waals surface area (Å²) in [5.41, 5.74) is 1.19. The molecule has 1 aliphatic rings. The molecule has 1 atom stereocenters. The minimum atomic E-state index is -0.981. The van der Waals surface area contributed by atoms with Crippen molar-refractivity contribution in [3.05, 3.63) is 55.2 Å². The second-order valence-corrected chi connectivity index (χ2v) is 6.43. The first-order valence-corrected chi connectivity index (χ1v) is 8.14. The monoisotopic (exact) mass is 368 g/mol. The molecular formula is C14H13ClN4O4S. The highest BCUT2D eigenvalue weighted by Crippen LogP contribution is 2.42. The van der Waals surface area contributed by atoms with Crippen LogP contribution < -0.4 is 5.32 Å². The van der Waals surface area contributed by atoms with E-state index in [0.717, 1.165) is 0 Å². The molecule has 1 aliphatic heterocycles. The summed E-state index contributed by atoms with van der Waals surface area (Å²) in [6.07, 6.45) is 1.72. The Hall–Kier alpha value is -2.39. The van der Waals surface area contributed by atoms with Crippen LogP contribution in [0.3, 0.4) is 0 Å². The number of fused-ring (bicyclic) bond motifs is 1. The van der Waals surface area contributed by atoms with Crippen LogP contribution in [0.15, 0.2) is 34.2 Å². The minimum Gasteiger partial charge on any atom is -0.466 e. The fourth-order valence-corrected chi connectivity index (χ4v) is 3.96. The van der Waals surface area contributed by atoms with Gasteiger partial charge in [-0.25, -0.2) is 9.78 Å². The van der Waals surface area contributed by atoms with Gasteiger partial charge in [-0.2, -0.15) is 0 Å².